The van der Waals surface area contributed by atoms with Crippen LogP contribution < -0.4 is 15.1 Å². The molecule has 2 aromatic carbocycles. The first kappa shape index (κ1) is 19.5. The second-order valence-corrected chi connectivity index (χ2v) is 7.17. The van der Waals surface area contributed by atoms with Crippen molar-refractivity contribution >= 4 is 23.2 Å². The summed E-state index contributed by atoms with van der Waals surface area (Å²) in [5.74, 6) is 5.62. The summed E-state index contributed by atoms with van der Waals surface area (Å²) in [6.07, 6.45) is 0.233. The Bertz CT molecular complexity index is 923. The number of hydrogen-bond donors (Lipinski definition) is 1. The number of anilines is 2. The highest BCUT2D eigenvalue weighted by molar-refractivity contribution is 6.00. The van der Waals surface area contributed by atoms with Crippen molar-refractivity contribution in [1.29, 1.82) is 0 Å². The third-order valence-electron chi connectivity index (χ3n) is 4.80. The molecule has 0 bridgehead atoms. The summed E-state index contributed by atoms with van der Waals surface area (Å²) in [6.45, 7) is 2.67. The van der Waals surface area contributed by atoms with Gasteiger partial charge in [0.15, 0.2) is 0 Å². The maximum Gasteiger partial charge on any atom is 0.227 e. The number of nitrogens with zero attached hydrogens (tertiary/aromatic N) is 2. The highest BCUT2D eigenvalue weighted by Crippen LogP contribution is 2.25. The zero-order chi connectivity index (χ0) is 20.1. The van der Waals surface area contributed by atoms with Gasteiger partial charge in [0.25, 0.3) is 0 Å². The second-order valence-electron chi connectivity index (χ2n) is 7.17. The standard InChI is InChI=1S/C23H25N3O2/c1-17-10-12-20(13-11-17)26-16-19(15-22(26)27)23(28)24-14-6-8-18-7-4-5-9-21(18)25(2)3/h4-5,7,9-13,19H,14-16H2,1-3H3,(H,24,28). The van der Waals surface area contributed by atoms with E-state index in [1.54, 1.807) is 4.90 Å². The summed E-state index contributed by atoms with van der Waals surface area (Å²) in [5, 5.41) is 2.84. The molecule has 1 atom stereocenters. The molecule has 1 saturated heterocycles. The number of para-hydroxylation sites is 1. The van der Waals surface area contributed by atoms with E-state index in [4.69, 9.17) is 0 Å². The van der Waals surface area contributed by atoms with Crippen LogP contribution in [0.25, 0.3) is 0 Å². The van der Waals surface area contributed by atoms with Gasteiger partial charge in [-0.2, -0.15) is 0 Å². The second kappa shape index (κ2) is 8.62. The smallest absolute Gasteiger partial charge is 0.227 e. The predicted octanol–water partition coefficient (Wildman–Crippen LogP) is 2.58. The van der Waals surface area contributed by atoms with E-state index in [0.717, 1.165) is 22.5 Å². The summed E-state index contributed by atoms with van der Waals surface area (Å²) in [5.41, 5.74) is 3.94. The molecule has 1 fully saturated rings. The van der Waals surface area contributed by atoms with Crippen LogP contribution in [0.1, 0.15) is 17.5 Å². The van der Waals surface area contributed by atoms with Crippen molar-refractivity contribution < 1.29 is 9.59 Å². The Labute approximate surface area is 166 Å². The van der Waals surface area contributed by atoms with E-state index < -0.39 is 0 Å². The lowest BCUT2D eigenvalue weighted by Crippen LogP contribution is -2.33. The molecule has 3 rings (SSSR count). The lowest BCUT2D eigenvalue weighted by Gasteiger charge is -2.16. The minimum Gasteiger partial charge on any atom is -0.377 e. The van der Waals surface area contributed by atoms with E-state index in [1.807, 2.05) is 74.4 Å². The molecule has 0 spiro atoms. The Kier molecular flexibility index (Phi) is 6.00. The molecule has 5 nitrogen and oxygen atoms in total. The van der Waals surface area contributed by atoms with Gasteiger partial charge in [-0.15, -0.1) is 0 Å². The molecule has 0 radical (unpaired) electrons. The molecule has 1 heterocycles. The van der Waals surface area contributed by atoms with Crippen LogP contribution in [0.2, 0.25) is 0 Å². The summed E-state index contributed by atoms with van der Waals surface area (Å²) < 4.78 is 0. The van der Waals surface area contributed by atoms with E-state index in [2.05, 4.69) is 17.2 Å². The number of hydrogen-bond acceptors (Lipinski definition) is 3. The monoisotopic (exact) mass is 375 g/mol. The van der Waals surface area contributed by atoms with Crippen LogP contribution in [-0.2, 0) is 9.59 Å². The molecule has 0 aliphatic carbocycles. The maximum atomic E-state index is 12.4. The van der Waals surface area contributed by atoms with Crippen LogP contribution in [0.4, 0.5) is 11.4 Å². The summed E-state index contributed by atoms with van der Waals surface area (Å²) in [4.78, 5) is 28.4. The normalized spacial score (nSPS) is 15.8. The van der Waals surface area contributed by atoms with Crippen molar-refractivity contribution in [3.8, 4) is 11.8 Å². The topological polar surface area (TPSA) is 52.7 Å². The van der Waals surface area contributed by atoms with Crippen molar-refractivity contribution in [3.05, 3.63) is 59.7 Å². The summed E-state index contributed by atoms with van der Waals surface area (Å²) >= 11 is 0. The number of benzene rings is 2. The van der Waals surface area contributed by atoms with Crippen LogP contribution in [-0.4, -0.2) is 39.0 Å². The van der Waals surface area contributed by atoms with Crippen molar-refractivity contribution in [3.63, 3.8) is 0 Å². The molecule has 2 aromatic rings. The lowest BCUT2D eigenvalue weighted by molar-refractivity contribution is -0.126. The van der Waals surface area contributed by atoms with E-state index in [9.17, 15) is 9.59 Å². The fourth-order valence-electron chi connectivity index (χ4n) is 3.24. The number of aryl methyl sites for hydroxylation is 1. The van der Waals surface area contributed by atoms with E-state index in [0.29, 0.717) is 6.54 Å². The van der Waals surface area contributed by atoms with Crippen molar-refractivity contribution in [2.24, 2.45) is 5.92 Å². The number of carbonyl (C=O) groups is 2. The number of amides is 2. The minimum absolute atomic E-state index is 0.0185. The van der Waals surface area contributed by atoms with Gasteiger partial charge in [0.2, 0.25) is 11.8 Å². The van der Waals surface area contributed by atoms with Crippen LogP contribution in [0.3, 0.4) is 0 Å². The third kappa shape index (κ3) is 4.52. The summed E-state index contributed by atoms with van der Waals surface area (Å²) in [6, 6.07) is 15.7. The number of nitrogens with one attached hydrogen (secondary N) is 1. The first-order chi connectivity index (χ1) is 13.5. The average molecular weight is 375 g/mol. The Morgan fingerprint density at radius 2 is 1.89 bits per heavy atom. The Morgan fingerprint density at radius 1 is 1.18 bits per heavy atom. The Hall–Kier alpha value is -3.26. The molecule has 1 aliphatic rings. The fourth-order valence-corrected chi connectivity index (χ4v) is 3.24. The summed E-state index contributed by atoms with van der Waals surface area (Å²) in [7, 11) is 3.94. The third-order valence-corrected chi connectivity index (χ3v) is 4.80. The van der Waals surface area contributed by atoms with Gasteiger partial charge >= 0.3 is 0 Å². The maximum absolute atomic E-state index is 12.4. The molecule has 0 saturated carbocycles. The molecule has 1 N–H and O–H groups in total. The van der Waals surface area contributed by atoms with Crippen molar-refractivity contribution in [1.82, 2.24) is 5.32 Å². The van der Waals surface area contributed by atoms with E-state index in [-0.39, 0.29) is 30.7 Å². The van der Waals surface area contributed by atoms with Gasteiger partial charge < -0.3 is 15.1 Å². The molecule has 1 aliphatic heterocycles. The molecule has 28 heavy (non-hydrogen) atoms. The zero-order valence-corrected chi connectivity index (χ0v) is 16.5. The molecule has 0 aromatic heterocycles. The SMILES string of the molecule is Cc1ccc(N2CC(C(=O)NCC#Cc3ccccc3N(C)C)CC2=O)cc1. The van der Waals surface area contributed by atoms with Gasteiger partial charge in [-0.25, -0.2) is 0 Å². The molecule has 144 valence electrons. The van der Waals surface area contributed by atoms with Crippen LogP contribution in [0.15, 0.2) is 48.5 Å². The van der Waals surface area contributed by atoms with Gasteiger partial charge in [0.05, 0.1) is 18.2 Å². The van der Waals surface area contributed by atoms with E-state index in [1.165, 1.54) is 0 Å². The van der Waals surface area contributed by atoms with Gasteiger partial charge in [0, 0.05) is 38.3 Å². The lowest BCUT2D eigenvalue weighted by atomic mass is 10.1. The average Bonchev–Trinajstić information content (AvgIpc) is 3.07. The van der Waals surface area contributed by atoms with Gasteiger partial charge in [0.1, 0.15) is 0 Å². The highest BCUT2D eigenvalue weighted by atomic mass is 16.2. The highest BCUT2D eigenvalue weighted by Gasteiger charge is 2.34. The molecule has 2 amide bonds. The van der Waals surface area contributed by atoms with Crippen LogP contribution >= 0.6 is 0 Å². The predicted molar refractivity (Wildman–Crippen MR) is 112 cm³/mol. The molecule has 5 heteroatoms. The first-order valence-electron chi connectivity index (χ1n) is 9.35. The van der Waals surface area contributed by atoms with Gasteiger partial charge in [-0.05, 0) is 31.2 Å². The minimum atomic E-state index is -0.343. The fraction of sp³-hybridized carbons (Fsp3) is 0.304. The molecule has 1 unspecified atom stereocenters. The van der Waals surface area contributed by atoms with Crippen molar-refractivity contribution in [2.45, 2.75) is 13.3 Å². The van der Waals surface area contributed by atoms with Crippen molar-refractivity contribution in [2.75, 3.05) is 37.0 Å². The number of rotatable bonds is 4. The van der Waals surface area contributed by atoms with Gasteiger partial charge in [-0.3, -0.25) is 9.59 Å². The zero-order valence-electron chi connectivity index (χ0n) is 16.5. The van der Waals surface area contributed by atoms with Crippen LogP contribution in [0, 0.1) is 24.7 Å². The van der Waals surface area contributed by atoms with E-state index >= 15 is 0 Å². The number of carbonyl (C=O) groups excluding carboxylic acids is 2. The largest absolute Gasteiger partial charge is 0.377 e. The quantitative estimate of drug-likeness (QED) is 0.836. The Morgan fingerprint density at radius 3 is 2.61 bits per heavy atom. The molecular weight excluding hydrogens is 350 g/mol. The van der Waals surface area contributed by atoms with Crippen LogP contribution in [0.5, 0.6) is 0 Å². The first-order valence-corrected chi connectivity index (χ1v) is 9.35. The molecular formula is C23H25N3O2. The van der Waals surface area contributed by atoms with Gasteiger partial charge in [-0.1, -0.05) is 41.7 Å². The Balaban J connectivity index is 1.57.